The first-order chi connectivity index (χ1) is 14.9. The van der Waals surface area contributed by atoms with Gasteiger partial charge >= 0.3 is 5.97 Å². The number of carbonyl (C=O) groups excluding carboxylic acids is 1. The minimum Gasteiger partial charge on any atom is -0.490 e. The highest BCUT2D eigenvalue weighted by Gasteiger charge is 2.22. The maximum absolute atomic E-state index is 13.1. The van der Waals surface area contributed by atoms with Crippen molar-refractivity contribution in [2.24, 2.45) is 0 Å². The Bertz CT molecular complexity index is 1090. The molecule has 8 heteroatoms. The highest BCUT2D eigenvalue weighted by molar-refractivity contribution is 6.39. The van der Waals surface area contributed by atoms with Crippen LogP contribution in [0, 0.1) is 6.92 Å². The molecule has 0 fully saturated rings. The Morgan fingerprint density at radius 2 is 1.48 bits per heavy atom. The number of pyridine rings is 1. The maximum Gasteiger partial charge on any atom is 0.343 e. The Morgan fingerprint density at radius 1 is 0.871 bits per heavy atom. The van der Waals surface area contributed by atoms with Gasteiger partial charge in [-0.05, 0) is 58.0 Å². The molecule has 0 atom stereocenters. The zero-order valence-corrected chi connectivity index (χ0v) is 19.3. The summed E-state index contributed by atoms with van der Waals surface area (Å²) in [6, 6.07) is 8.28. The highest BCUT2D eigenvalue weighted by Crippen LogP contribution is 2.41. The molecule has 0 bridgehead atoms. The van der Waals surface area contributed by atoms with Crippen molar-refractivity contribution in [1.29, 1.82) is 0 Å². The number of hydrogen-bond acceptors (Lipinski definition) is 6. The summed E-state index contributed by atoms with van der Waals surface area (Å²) in [6.45, 7) is 8.57. The van der Waals surface area contributed by atoms with Crippen LogP contribution in [0.5, 0.6) is 23.0 Å². The van der Waals surface area contributed by atoms with Crippen LogP contribution in [0.25, 0.3) is 10.9 Å². The van der Waals surface area contributed by atoms with E-state index >= 15 is 0 Å². The molecule has 6 nitrogen and oxygen atoms in total. The summed E-state index contributed by atoms with van der Waals surface area (Å²) in [5, 5.41) is 1.24. The summed E-state index contributed by atoms with van der Waals surface area (Å²) in [5.74, 6) is 0.722. The van der Waals surface area contributed by atoms with Crippen molar-refractivity contribution in [2.45, 2.75) is 27.7 Å². The number of carbonyl (C=O) groups is 1. The zero-order valence-electron chi connectivity index (χ0n) is 17.8. The van der Waals surface area contributed by atoms with Crippen molar-refractivity contribution in [1.82, 2.24) is 4.98 Å². The molecular weight excluding hydrogens is 441 g/mol. The van der Waals surface area contributed by atoms with E-state index in [1.54, 1.807) is 12.1 Å². The normalized spacial score (nSPS) is 10.8. The Morgan fingerprint density at radius 3 is 2.06 bits per heavy atom. The van der Waals surface area contributed by atoms with Crippen LogP contribution < -0.4 is 18.9 Å². The average molecular weight is 464 g/mol. The van der Waals surface area contributed by atoms with Gasteiger partial charge in [0, 0.05) is 11.1 Å². The second-order valence-corrected chi connectivity index (χ2v) is 7.32. The van der Waals surface area contributed by atoms with Gasteiger partial charge < -0.3 is 18.9 Å². The molecule has 3 rings (SSSR count). The van der Waals surface area contributed by atoms with Gasteiger partial charge in [0.25, 0.3) is 0 Å². The van der Waals surface area contributed by atoms with Gasteiger partial charge in [-0.2, -0.15) is 0 Å². The number of aromatic nitrogens is 1. The lowest BCUT2D eigenvalue weighted by Gasteiger charge is -2.17. The van der Waals surface area contributed by atoms with Gasteiger partial charge in [-0.15, -0.1) is 0 Å². The van der Waals surface area contributed by atoms with Crippen molar-refractivity contribution in [2.75, 3.05) is 19.8 Å². The molecule has 0 aliphatic carbocycles. The fourth-order valence-electron chi connectivity index (χ4n) is 3.05. The van der Waals surface area contributed by atoms with Gasteiger partial charge in [0.2, 0.25) is 5.75 Å². The Hall–Kier alpha value is -2.70. The molecule has 0 N–H and O–H groups in total. The summed E-state index contributed by atoms with van der Waals surface area (Å²) < 4.78 is 22.7. The summed E-state index contributed by atoms with van der Waals surface area (Å²) in [6.07, 6.45) is 0. The van der Waals surface area contributed by atoms with Crippen LogP contribution in [-0.4, -0.2) is 30.8 Å². The van der Waals surface area contributed by atoms with E-state index in [0.29, 0.717) is 53.0 Å². The van der Waals surface area contributed by atoms with Gasteiger partial charge in [-0.3, -0.25) is 0 Å². The second-order valence-electron chi connectivity index (χ2n) is 6.51. The molecule has 0 aliphatic heterocycles. The molecule has 0 radical (unpaired) electrons. The summed E-state index contributed by atoms with van der Waals surface area (Å²) in [7, 11) is 0. The van der Waals surface area contributed by atoms with Crippen molar-refractivity contribution in [3.63, 3.8) is 0 Å². The topological polar surface area (TPSA) is 66.9 Å². The van der Waals surface area contributed by atoms with Gasteiger partial charge in [-0.25, -0.2) is 9.78 Å². The van der Waals surface area contributed by atoms with Crippen LogP contribution in [-0.2, 0) is 0 Å². The Labute approximate surface area is 191 Å². The standard InChI is InChI=1S/C23H23Cl2NO5/c1-5-28-18-10-14(11-19(29-6-2)22(18)30-7-3)23(27)31-21-17(25)12-16(24)15-9-8-13(4)26-20(15)21/h8-12H,5-7H2,1-4H3. The third-order valence-corrected chi connectivity index (χ3v) is 4.91. The molecule has 0 saturated heterocycles. The third kappa shape index (κ3) is 4.97. The first-order valence-corrected chi connectivity index (χ1v) is 10.7. The molecule has 0 saturated carbocycles. The smallest absolute Gasteiger partial charge is 0.343 e. The van der Waals surface area contributed by atoms with Crippen LogP contribution in [0.3, 0.4) is 0 Å². The fourth-order valence-corrected chi connectivity index (χ4v) is 3.60. The van der Waals surface area contributed by atoms with Gasteiger partial charge in [0.1, 0.15) is 5.52 Å². The van der Waals surface area contributed by atoms with E-state index in [4.69, 9.17) is 42.1 Å². The second kappa shape index (κ2) is 10.1. The third-order valence-electron chi connectivity index (χ3n) is 4.32. The molecule has 31 heavy (non-hydrogen) atoms. The SMILES string of the molecule is CCOc1cc(C(=O)Oc2c(Cl)cc(Cl)c3ccc(C)nc23)cc(OCC)c1OCC. The number of nitrogens with zero attached hydrogens (tertiary/aromatic N) is 1. The largest absolute Gasteiger partial charge is 0.490 e. The molecular formula is C23H23Cl2NO5. The molecule has 0 aliphatic rings. The Kier molecular flexibility index (Phi) is 7.46. The summed E-state index contributed by atoms with van der Waals surface area (Å²) in [5.41, 5.74) is 1.37. The lowest BCUT2D eigenvalue weighted by atomic mass is 10.1. The number of halogens is 2. The van der Waals surface area contributed by atoms with E-state index in [1.165, 1.54) is 6.07 Å². The molecule has 0 unspecified atom stereocenters. The molecule has 0 amide bonds. The van der Waals surface area contributed by atoms with E-state index in [2.05, 4.69) is 4.98 Å². The number of rotatable bonds is 8. The van der Waals surface area contributed by atoms with Gasteiger partial charge in [0.15, 0.2) is 17.2 Å². The summed E-state index contributed by atoms with van der Waals surface area (Å²) in [4.78, 5) is 17.5. The van der Waals surface area contributed by atoms with Gasteiger partial charge in [-0.1, -0.05) is 23.2 Å². The fraction of sp³-hybridized carbons (Fsp3) is 0.304. The van der Waals surface area contributed by atoms with Crippen LogP contribution in [0.4, 0.5) is 0 Å². The van der Waals surface area contributed by atoms with Crippen molar-refractivity contribution < 1.29 is 23.7 Å². The van der Waals surface area contributed by atoms with E-state index in [9.17, 15) is 4.79 Å². The number of aryl methyl sites for hydroxylation is 1. The first kappa shape index (κ1) is 23.0. The van der Waals surface area contributed by atoms with Crippen molar-refractivity contribution >= 4 is 40.1 Å². The van der Waals surface area contributed by atoms with E-state index < -0.39 is 5.97 Å². The van der Waals surface area contributed by atoms with Crippen molar-refractivity contribution in [3.05, 3.63) is 51.6 Å². The minimum absolute atomic E-state index is 0.138. The molecule has 0 spiro atoms. The van der Waals surface area contributed by atoms with Crippen LogP contribution in [0.2, 0.25) is 10.0 Å². The molecule has 3 aromatic rings. The lowest BCUT2D eigenvalue weighted by Crippen LogP contribution is -2.11. The lowest BCUT2D eigenvalue weighted by molar-refractivity contribution is 0.0735. The predicted molar refractivity (Wildman–Crippen MR) is 121 cm³/mol. The van der Waals surface area contributed by atoms with Crippen LogP contribution >= 0.6 is 23.2 Å². The molecule has 1 heterocycles. The number of esters is 1. The number of hydrogen-bond donors (Lipinski definition) is 0. The van der Waals surface area contributed by atoms with Crippen molar-refractivity contribution in [3.8, 4) is 23.0 Å². The maximum atomic E-state index is 13.1. The molecule has 2 aromatic carbocycles. The Balaban J connectivity index is 2.07. The highest BCUT2D eigenvalue weighted by atomic mass is 35.5. The van der Waals surface area contributed by atoms with Gasteiger partial charge in [0.05, 0.1) is 35.4 Å². The van der Waals surface area contributed by atoms with Crippen LogP contribution in [0.1, 0.15) is 36.8 Å². The monoisotopic (exact) mass is 463 g/mol. The number of ether oxygens (including phenoxy) is 4. The average Bonchev–Trinajstić information content (AvgIpc) is 2.73. The number of benzene rings is 2. The molecule has 164 valence electrons. The molecule has 1 aromatic heterocycles. The minimum atomic E-state index is -0.640. The predicted octanol–water partition coefficient (Wildman–Crippen LogP) is 6.27. The van der Waals surface area contributed by atoms with E-state index in [0.717, 1.165) is 5.69 Å². The first-order valence-electron chi connectivity index (χ1n) is 9.93. The van der Waals surface area contributed by atoms with Crippen LogP contribution in [0.15, 0.2) is 30.3 Å². The zero-order chi connectivity index (χ0) is 22.5. The van der Waals surface area contributed by atoms with E-state index in [-0.39, 0.29) is 16.3 Å². The quantitative estimate of drug-likeness (QED) is 0.289. The summed E-state index contributed by atoms with van der Waals surface area (Å²) >= 11 is 12.6. The number of fused-ring (bicyclic) bond motifs is 1. The van der Waals surface area contributed by atoms with E-state index in [1.807, 2.05) is 39.8 Å².